The van der Waals surface area contributed by atoms with E-state index in [1.807, 2.05) is 50.4 Å². The number of aromatic nitrogens is 2. The number of nitrogens with one attached hydrogen (secondary N) is 1. The van der Waals surface area contributed by atoms with Crippen LogP contribution in [-0.4, -0.2) is 48.8 Å². The Morgan fingerprint density at radius 1 is 1.14 bits per heavy atom. The Labute approximate surface area is 171 Å². The van der Waals surface area contributed by atoms with Crippen molar-refractivity contribution in [1.29, 1.82) is 0 Å². The number of fused-ring (bicyclic) bond motifs is 1. The van der Waals surface area contributed by atoms with E-state index in [1.54, 1.807) is 17.0 Å². The fraction of sp³-hybridized carbons (Fsp3) is 0.333. The van der Waals surface area contributed by atoms with Crippen LogP contribution in [0.3, 0.4) is 0 Å². The van der Waals surface area contributed by atoms with Crippen LogP contribution in [0.4, 0.5) is 0 Å². The molecule has 0 saturated heterocycles. The smallest absolute Gasteiger partial charge is 0.278 e. The van der Waals surface area contributed by atoms with E-state index in [-0.39, 0.29) is 18.4 Å². The van der Waals surface area contributed by atoms with Gasteiger partial charge in [0.15, 0.2) is 0 Å². The summed E-state index contributed by atoms with van der Waals surface area (Å²) in [7, 11) is -0.519. The number of pyridine rings is 1. The van der Waals surface area contributed by atoms with Crippen LogP contribution < -0.4 is 4.72 Å². The Hall–Kier alpha value is -2.55. The van der Waals surface area contributed by atoms with Gasteiger partial charge in [0.05, 0.1) is 5.52 Å². The van der Waals surface area contributed by atoms with Crippen molar-refractivity contribution in [1.82, 2.24) is 18.6 Å². The van der Waals surface area contributed by atoms with Crippen LogP contribution in [0.25, 0.3) is 22.0 Å². The van der Waals surface area contributed by atoms with Crippen molar-refractivity contribution in [3.8, 4) is 11.1 Å². The molecule has 2 aromatic heterocycles. The minimum Gasteiger partial charge on any atom is -0.287 e. The average Bonchev–Trinajstić information content (AvgIpc) is 3.05. The van der Waals surface area contributed by atoms with Crippen LogP contribution in [0.5, 0.6) is 0 Å². The van der Waals surface area contributed by atoms with E-state index in [0.29, 0.717) is 6.42 Å². The molecule has 0 unspecified atom stereocenters. The molecule has 0 atom stereocenters. The first-order valence-corrected chi connectivity index (χ1v) is 10.9. The molecule has 3 rings (SSSR count). The molecule has 0 radical (unpaired) electrons. The molecule has 0 aliphatic rings. The number of hydrogen-bond acceptors (Lipinski definition) is 4. The lowest BCUT2D eigenvalue weighted by Gasteiger charge is -2.11. The first kappa shape index (κ1) is 21.2. The molecule has 0 fully saturated rings. The summed E-state index contributed by atoms with van der Waals surface area (Å²) in [5.74, 6) is -0.155. The third-order valence-corrected chi connectivity index (χ3v) is 6.32. The Kier molecular flexibility index (Phi) is 6.16. The van der Waals surface area contributed by atoms with Gasteiger partial charge in [-0.1, -0.05) is 26.0 Å². The summed E-state index contributed by atoms with van der Waals surface area (Å²) < 4.78 is 29.3. The monoisotopic (exact) mass is 414 g/mol. The molecule has 29 heavy (non-hydrogen) atoms. The van der Waals surface area contributed by atoms with Gasteiger partial charge in [0.2, 0.25) is 5.91 Å². The molecule has 0 bridgehead atoms. The van der Waals surface area contributed by atoms with Gasteiger partial charge < -0.3 is 0 Å². The number of nitrogens with zero attached hydrogens (tertiary/aromatic N) is 3. The highest BCUT2D eigenvalue weighted by atomic mass is 32.2. The van der Waals surface area contributed by atoms with Crippen molar-refractivity contribution < 1.29 is 13.2 Å². The van der Waals surface area contributed by atoms with E-state index in [2.05, 4.69) is 9.71 Å². The van der Waals surface area contributed by atoms with Gasteiger partial charge >= 0.3 is 0 Å². The zero-order valence-corrected chi connectivity index (χ0v) is 17.9. The molecule has 2 heterocycles. The number of carbonyl (C=O) groups excluding carboxylic acids is 1. The van der Waals surface area contributed by atoms with Crippen molar-refractivity contribution in [2.45, 2.75) is 20.3 Å². The number of carbonyl (C=O) groups is 1. The Balaban J connectivity index is 1.99. The highest BCUT2D eigenvalue weighted by Crippen LogP contribution is 2.28. The lowest BCUT2D eigenvalue weighted by atomic mass is 10.0. The predicted molar refractivity (Wildman–Crippen MR) is 115 cm³/mol. The first-order chi connectivity index (χ1) is 13.7. The molecule has 8 heteroatoms. The Bertz CT molecular complexity index is 1120. The molecule has 0 aliphatic carbocycles. The minimum atomic E-state index is -3.48. The highest BCUT2D eigenvalue weighted by molar-refractivity contribution is 7.87. The van der Waals surface area contributed by atoms with Gasteiger partial charge in [-0.3, -0.25) is 14.3 Å². The van der Waals surface area contributed by atoms with Gasteiger partial charge in [-0.25, -0.2) is 4.72 Å². The van der Waals surface area contributed by atoms with Crippen molar-refractivity contribution in [3.63, 3.8) is 0 Å². The number of benzene rings is 1. The fourth-order valence-corrected chi connectivity index (χ4v) is 3.74. The molecule has 0 saturated carbocycles. The summed E-state index contributed by atoms with van der Waals surface area (Å²) in [4.78, 5) is 16.8. The molecule has 1 aromatic carbocycles. The zero-order valence-electron chi connectivity index (χ0n) is 17.1. The molecule has 7 nitrogen and oxygen atoms in total. The van der Waals surface area contributed by atoms with Crippen LogP contribution >= 0.6 is 0 Å². The normalized spacial score (nSPS) is 12.2. The zero-order chi connectivity index (χ0) is 21.2. The maximum absolute atomic E-state index is 12.8. The van der Waals surface area contributed by atoms with Crippen LogP contribution in [0.15, 0.2) is 48.9 Å². The lowest BCUT2D eigenvalue weighted by molar-refractivity contribution is 0.0860. The fourth-order valence-electron chi connectivity index (χ4n) is 3.12. The van der Waals surface area contributed by atoms with Gasteiger partial charge in [0.1, 0.15) is 0 Å². The molecule has 1 N–H and O–H groups in total. The summed E-state index contributed by atoms with van der Waals surface area (Å²) in [6.45, 7) is 3.99. The standard InChI is InChI=1S/C21H26N4O3S/c1-15(2)21(26)25-14-18(9-12-23-29(27,28)24(3)4)19-6-5-17(13-20(19)25)16-7-10-22-11-8-16/h5-8,10-11,13-15,23H,9,12H2,1-4H3. The summed E-state index contributed by atoms with van der Waals surface area (Å²) >= 11 is 0. The van der Waals surface area contributed by atoms with Crippen molar-refractivity contribution >= 4 is 27.0 Å². The third kappa shape index (κ3) is 4.55. The van der Waals surface area contributed by atoms with Gasteiger partial charge in [-0.05, 0) is 41.3 Å². The maximum Gasteiger partial charge on any atom is 0.278 e. The lowest BCUT2D eigenvalue weighted by Crippen LogP contribution is -2.36. The number of hydrogen-bond donors (Lipinski definition) is 1. The van der Waals surface area contributed by atoms with Crippen LogP contribution in [0.2, 0.25) is 0 Å². The van der Waals surface area contributed by atoms with Crippen molar-refractivity contribution in [3.05, 3.63) is 54.5 Å². The molecule has 3 aromatic rings. The first-order valence-electron chi connectivity index (χ1n) is 9.46. The second kappa shape index (κ2) is 8.44. The van der Waals surface area contributed by atoms with E-state index in [4.69, 9.17) is 0 Å². The highest BCUT2D eigenvalue weighted by Gasteiger charge is 2.18. The molecule has 0 spiro atoms. The minimum absolute atomic E-state index is 0.00185. The number of rotatable bonds is 7. The van der Waals surface area contributed by atoms with Crippen LogP contribution in [0, 0.1) is 5.92 Å². The van der Waals surface area contributed by atoms with E-state index in [9.17, 15) is 13.2 Å². The average molecular weight is 415 g/mol. The van der Waals surface area contributed by atoms with Gasteiger partial charge in [-0.15, -0.1) is 0 Å². The maximum atomic E-state index is 12.8. The summed E-state index contributed by atoms with van der Waals surface area (Å²) in [5, 5.41) is 0.945. The van der Waals surface area contributed by atoms with E-state index in [1.165, 1.54) is 14.1 Å². The van der Waals surface area contributed by atoms with Crippen LogP contribution in [-0.2, 0) is 16.6 Å². The van der Waals surface area contributed by atoms with E-state index < -0.39 is 10.2 Å². The molecule has 0 amide bonds. The van der Waals surface area contributed by atoms with Gasteiger partial charge in [0, 0.05) is 50.5 Å². The topological polar surface area (TPSA) is 84.3 Å². The summed E-state index contributed by atoms with van der Waals surface area (Å²) in [5.41, 5.74) is 3.77. The van der Waals surface area contributed by atoms with Gasteiger partial charge in [0.25, 0.3) is 10.2 Å². The van der Waals surface area contributed by atoms with E-state index in [0.717, 1.165) is 31.9 Å². The van der Waals surface area contributed by atoms with Crippen LogP contribution in [0.1, 0.15) is 24.2 Å². The van der Waals surface area contributed by atoms with Gasteiger partial charge in [-0.2, -0.15) is 12.7 Å². The largest absolute Gasteiger partial charge is 0.287 e. The Morgan fingerprint density at radius 2 is 1.83 bits per heavy atom. The second-order valence-corrected chi connectivity index (χ2v) is 9.39. The summed E-state index contributed by atoms with van der Waals surface area (Å²) in [6, 6.07) is 9.85. The van der Waals surface area contributed by atoms with Crippen molar-refractivity contribution in [2.24, 2.45) is 5.92 Å². The summed E-state index contributed by atoms with van der Waals surface area (Å²) in [6.07, 6.45) is 5.78. The third-order valence-electron chi connectivity index (χ3n) is 4.79. The predicted octanol–water partition coefficient (Wildman–Crippen LogP) is 2.94. The molecule has 154 valence electrons. The molecular weight excluding hydrogens is 388 g/mol. The van der Waals surface area contributed by atoms with E-state index >= 15 is 0 Å². The van der Waals surface area contributed by atoms with Crippen molar-refractivity contribution in [2.75, 3.05) is 20.6 Å². The molecular formula is C21H26N4O3S. The Morgan fingerprint density at radius 3 is 2.45 bits per heavy atom. The SMILES string of the molecule is CC(C)C(=O)n1cc(CCNS(=O)(=O)N(C)C)c2ccc(-c3ccncc3)cc21. The second-order valence-electron chi connectivity index (χ2n) is 7.42. The molecule has 0 aliphatic heterocycles. The quantitative estimate of drug-likeness (QED) is 0.644.